The molecular weight excluding hydrogens is 1050 g/mol. The van der Waals surface area contributed by atoms with Crippen LogP contribution in [0.1, 0.15) is 121 Å². The Morgan fingerprint density at radius 1 is 0.637 bits per heavy atom. The molecule has 0 unspecified atom stereocenters. The molecule has 4 aliphatic heterocycles. The van der Waals surface area contributed by atoms with Gasteiger partial charge in [-0.1, -0.05) is 67.0 Å². The first-order valence-electron chi connectivity index (χ1n) is 28.9. The number of hydrogen-bond donors (Lipinski definition) is 12. The van der Waals surface area contributed by atoms with Crippen LogP contribution in [0.2, 0.25) is 0 Å². The van der Waals surface area contributed by atoms with Gasteiger partial charge in [0.1, 0.15) is 60.4 Å². The van der Waals surface area contributed by atoms with Crippen molar-refractivity contribution in [3.05, 3.63) is 11.6 Å². The summed E-state index contributed by atoms with van der Waals surface area (Å²) in [6.07, 6.45) is -23.4. The van der Waals surface area contributed by atoms with Gasteiger partial charge in [-0.15, -0.1) is 0 Å². The number of carbonyl (C=O) groups excluding carboxylic acids is 2. The maximum atomic E-state index is 15.7. The van der Waals surface area contributed by atoms with Gasteiger partial charge in [-0.2, -0.15) is 0 Å². The summed E-state index contributed by atoms with van der Waals surface area (Å²) in [7, 11) is 0. The Morgan fingerprint density at radius 2 is 1.30 bits per heavy atom. The Morgan fingerprint density at radius 3 is 1.95 bits per heavy atom. The molecule has 0 spiro atoms. The normalized spacial score (nSPS) is 52.7. The molecule has 4 heterocycles. The van der Waals surface area contributed by atoms with E-state index in [0.717, 1.165) is 12.5 Å². The van der Waals surface area contributed by atoms with Gasteiger partial charge in [0.25, 0.3) is 0 Å². The molecule has 458 valence electrons. The number of ether oxygens (including phenoxy) is 9. The number of aliphatic hydroxyl groups excluding tert-OH is 12. The third-order valence-corrected chi connectivity index (χ3v) is 22.4. The first kappa shape index (κ1) is 62.5. The van der Waals surface area contributed by atoms with Crippen molar-refractivity contribution >= 4 is 11.9 Å². The molecule has 23 heteroatoms. The van der Waals surface area contributed by atoms with Gasteiger partial charge in [-0.3, -0.25) is 9.59 Å². The van der Waals surface area contributed by atoms with Crippen molar-refractivity contribution in [3.8, 4) is 0 Å². The molecule has 5 aliphatic carbocycles. The third-order valence-electron chi connectivity index (χ3n) is 22.4. The van der Waals surface area contributed by atoms with E-state index in [1.54, 1.807) is 6.92 Å². The second-order valence-corrected chi connectivity index (χ2v) is 27.4. The number of rotatable bonds is 12. The maximum Gasteiger partial charge on any atom is 0.318 e. The van der Waals surface area contributed by atoms with E-state index >= 15 is 4.79 Å². The van der Waals surface area contributed by atoms with Gasteiger partial charge >= 0.3 is 11.9 Å². The highest BCUT2D eigenvalue weighted by Gasteiger charge is 2.76. The van der Waals surface area contributed by atoms with Crippen LogP contribution in [0.5, 0.6) is 0 Å². The summed E-state index contributed by atoms with van der Waals surface area (Å²) in [6.45, 7) is 16.9. The molecule has 12 N–H and O–H groups in total. The first-order chi connectivity index (χ1) is 37.4. The molecule has 80 heavy (non-hydrogen) atoms. The van der Waals surface area contributed by atoms with Crippen molar-refractivity contribution in [2.75, 3.05) is 33.0 Å². The van der Waals surface area contributed by atoms with Crippen molar-refractivity contribution in [3.63, 3.8) is 0 Å². The highest BCUT2D eigenvalue weighted by Crippen LogP contribution is 2.78. The van der Waals surface area contributed by atoms with E-state index in [1.807, 2.05) is 20.8 Å². The SMILES string of the molecule is CC(=O)O[C@H]1[C@H](O[C@H]2[C@H](OC(=O)[C@]34CCC(C)(C)C[C@@]3(C)C3=CC[C@@H]5[C@@]6(C)C[C@H](O)[C@H](O[C@@H]7O[C@H](CO)[C@@H](O)[C@H](O)[C@H]7O)C(CO)(CO)[C@@H]6CC[C@@]5(C)[C@]3(C)C[C@H]4O)OC[C@H](O)[C@@H]2O)O[C@@H](C)[C@H](O[C@@H]2OC[C@@H](C)[C@H](C)[C@H]2O)[C@H]1O. The predicted molar refractivity (Wildman–Crippen MR) is 275 cm³/mol. The van der Waals surface area contributed by atoms with Crippen molar-refractivity contribution in [1.82, 2.24) is 0 Å². The zero-order chi connectivity index (χ0) is 58.8. The van der Waals surface area contributed by atoms with E-state index in [4.69, 9.17) is 42.6 Å². The van der Waals surface area contributed by atoms with Crippen molar-refractivity contribution in [1.29, 1.82) is 0 Å². The van der Waals surface area contributed by atoms with Gasteiger partial charge < -0.3 is 104 Å². The number of fused-ring (bicyclic) bond motifs is 7. The molecular formula is C57H92O23. The van der Waals surface area contributed by atoms with Gasteiger partial charge in [-0.05, 0) is 104 Å². The van der Waals surface area contributed by atoms with Gasteiger partial charge in [0.2, 0.25) is 6.29 Å². The fourth-order valence-corrected chi connectivity index (χ4v) is 17.7. The van der Waals surface area contributed by atoms with Crippen LogP contribution in [0, 0.1) is 61.6 Å². The van der Waals surface area contributed by atoms with E-state index in [1.165, 1.54) is 0 Å². The Bertz CT molecular complexity index is 2260. The van der Waals surface area contributed by atoms with Crippen LogP contribution in [-0.4, -0.2) is 223 Å². The van der Waals surface area contributed by atoms with Crippen LogP contribution in [0.3, 0.4) is 0 Å². The molecule has 9 rings (SSSR count). The van der Waals surface area contributed by atoms with E-state index in [9.17, 15) is 66.1 Å². The lowest BCUT2D eigenvalue weighted by atomic mass is 9.30. The van der Waals surface area contributed by atoms with Crippen LogP contribution in [0.4, 0.5) is 0 Å². The second kappa shape index (κ2) is 22.3. The smallest absolute Gasteiger partial charge is 0.318 e. The van der Waals surface area contributed by atoms with Crippen molar-refractivity contribution < 1.29 is 113 Å². The minimum atomic E-state index is -1.79. The molecule has 0 radical (unpaired) electrons. The Hall–Kier alpha value is -2.08. The molecule has 0 bridgehead atoms. The van der Waals surface area contributed by atoms with Crippen molar-refractivity contribution in [2.24, 2.45) is 61.6 Å². The average Bonchev–Trinajstić information content (AvgIpc) is 1.55. The zero-order valence-electron chi connectivity index (χ0n) is 47.9. The molecule has 4 saturated carbocycles. The molecule has 0 amide bonds. The summed E-state index contributed by atoms with van der Waals surface area (Å²) in [4.78, 5) is 28.3. The summed E-state index contributed by atoms with van der Waals surface area (Å²) in [5.41, 5.74) is -5.84. The van der Waals surface area contributed by atoms with Gasteiger partial charge in [0, 0.05) is 17.8 Å². The van der Waals surface area contributed by atoms with Crippen LogP contribution >= 0.6 is 0 Å². The van der Waals surface area contributed by atoms with E-state index in [0.29, 0.717) is 32.1 Å². The number of allylic oxidation sites excluding steroid dienone is 2. The van der Waals surface area contributed by atoms with Gasteiger partial charge in [-0.25, -0.2) is 0 Å². The topological polar surface area (TPSA) is 360 Å². The first-order valence-corrected chi connectivity index (χ1v) is 28.9. The molecule has 4 saturated heterocycles. The Kier molecular flexibility index (Phi) is 17.4. The van der Waals surface area contributed by atoms with E-state index in [-0.39, 0.29) is 49.0 Å². The lowest BCUT2D eigenvalue weighted by Gasteiger charge is -2.74. The van der Waals surface area contributed by atoms with E-state index < -0.39 is 193 Å². The highest BCUT2D eigenvalue weighted by molar-refractivity contribution is 5.81. The molecule has 28 atom stereocenters. The highest BCUT2D eigenvalue weighted by atomic mass is 16.8. The molecule has 0 aromatic carbocycles. The lowest BCUT2D eigenvalue weighted by molar-refractivity contribution is -0.367. The average molecular weight is 1150 g/mol. The van der Waals surface area contributed by atoms with Crippen molar-refractivity contribution in [2.45, 2.75) is 237 Å². The summed E-state index contributed by atoms with van der Waals surface area (Å²) in [6, 6.07) is 0. The summed E-state index contributed by atoms with van der Waals surface area (Å²) < 4.78 is 54.3. The predicted octanol–water partition coefficient (Wildman–Crippen LogP) is -0.332. The number of aliphatic hydroxyl groups is 12. The Balaban J connectivity index is 1.00. The zero-order valence-corrected chi connectivity index (χ0v) is 47.9. The fraction of sp³-hybridized carbons (Fsp3) is 0.930. The molecule has 23 nitrogen and oxygen atoms in total. The van der Waals surface area contributed by atoms with Crippen LogP contribution in [0.25, 0.3) is 0 Å². The molecule has 0 aromatic heterocycles. The number of esters is 2. The fourth-order valence-electron chi connectivity index (χ4n) is 17.7. The number of hydrogen-bond acceptors (Lipinski definition) is 23. The molecule has 9 aliphatic rings. The maximum absolute atomic E-state index is 15.7. The molecule has 0 aromatic rings. The molecule has 8 fully saturated rings. The quantitative estimate of drug-likeness (QED) is 0.0676. The Labute approximate surface area is 467 Å². The van der Waals surface area contributed by atoms with E-state index in [2.05, 4.69) is 40.7 Å². The van der Waals surface area contributed by atoms with Crippen LogP contribution in [-0.2, 0) is 52.2 Å². The van der Waals surface area contributed by atoms with Crippen LogP contribution < -0.4 is 0 Å². The lowest BCUT2D eigenvalue weighted by Crippen LogP contribution is -2.73. The summed E-state index contributed by atoms with van der Waals surface area (Å²) >= 11 is 0. The van der Waals surface area contributed by atoms with Gasteiger partial charge in [0.15, 0.2) is 31.1 Å². The van der Waals surface area contributed by atoms with Gasteiger partial charge in [0.05, 0.1) is 57.5 Å². The number of carbonyl (C=O) groups is 2. The second-order valence-electron chi connectivity index (χ2n) is 27.4. The third kappa shape index (κ3) is 9.67. The summed E-state index contributed by atoms with van der Waals surface area (Å²) in [5.74, 6) is -2.58. The minimum absolute atomic E-state index is 0.0212. The largest absolute Gasteiger partial charge is 0.454 e. The monoisotopic (exact) mass is 1140 g/mol. The minimum Gasteiger partial charge on any atom is -0.454 e. The summed E-state index contributed by atoms with van der Waals surface area (Å²) in [5, 5.41) is 136. The van der Waals surface area contributed by atoms with Crippen LogP contribution in [0.15, 0.2) is 11.6 Å². The standard InChI is InChI=1S/C57H92O23/c1-25-20-72-46(36(65)26(25)2)77-42-27(3)74-49(44(41(42)70)75-28(4)61)78-43-37(66)30(63)21-73-48(43)80-50(71)57-16-15-51(5,6)22-55(57,10)34-12-11-32-52(7)17-29(62)45(79-47-40(69)39(68)38(67)31(19-58)76-47)56(23-59,24-60)33(52)13-14-53(32,8)54(34,9)18-35(57)64/h12,25-27,29-33,35-49,58-60,62-70H,11,13-24H2,1-10H3/t25-,26+,27+,29+,30+,31-,32-,33-,35-,36-,37+,38-,39+,40-,41-,42+,43-,44-,45+,46+,47+,48+,49+,52-,53-,54-,55+,57-/m1/s1.